The van der Waals surface area contributed by atoms with Gasteiger partial charge in [-0.1, -0.05) is 0 Å². The molecule has 0 bridgehead atoms. The minimum absolute atomic E-state index is 0.00659. The van der Waals surface area contributed by atoms with Gasteiger partial charge in [-0.15, -0.1) is 0 Å². The van der Waals surface area contributed by atoms with Crippen molar-refractivity contribution in [1.82, 2.24) is 10.9 Å². The number of hydrazone groups is 2. The van der Waals surface area contributed by atoms with Gasteiger partial charge in [0.2, 0.25) is 5.11 Å². The first-order chi connectivity index (χ1) is 12.5. The van der Waals surface area contributed by atoms with Crippen molar-refractivity contribution in [3.63, 3.8) is 0 Å². The molecular formula is C15H12N6O4S. The van der Waals surface area contributed by atoms with E-state index >= 15 is 0 Å². The normalized spacial score (nSPS) is 10.8. The highest BCUT2D eigenvalue weighted by atomic mass is 32.1. The van der Waals surface area contributed by atoms with Gasteiger partial charge in [-0.3, -0.25) is 31.1 Å². The van der Waals surface area contributed by atoms with Gasteiger partial charge in [0.1, 0.15) is 0 Å². The monoisotopic (exact) mass is 372 g/mol. The van der Waals surface area contributed by atoms with Gasteiger partial charge in [-0.25, -0.2) is 0 Å². The fourth-order valence-corrected chi connectivity index (χ4v) is 1.83. The highest BCUT2D eigenvalue weighted by Gasteiger charge is 2.03. The van der Waals surface area contributed by atoms with Crippen molar-refractivity contribution >= 4 is 41.1 Å². The molecule has 26 heavy (non-hydrogen) atoms. The van der Waals surface area contributed by atoms with Crippen LogP contribution in [0, 0.1) is 20.2 Å². The zero-order valence-corrected chi connectivity index (χ0v) is 13.9. The molecule has 0 saturated heterocycles. The van der Waals surface area contributed by atoms with Crippen LogP contribution < -0.4 is 10.9 Å². The average molecular weight is 372 g/mol. The lowest BCUT2D eigenvalue weighted by Gasteiger charge is -2.01. The Hall–Kier alpha value is -3.73. The lowest BCUT2D eigenvalue weighted by atomic mass is 10.2. The fourth-order valence-electron chi connectivity index (χ4n) is 1.72. The van der Waals surface area contributed by atoms with Gasteiger partial charge in [0.15, 0.2) is 0 Å². The van der Waals surface area contributed by atoms with E-state index in [2.05, 4.69) is 21.1 Å². The number of nitro benzene ring substituents is 2. The number of hydrogen-bond donors (Lipinski definition) is 2. The van der Waals surface area contributed by atoms with Crippen LogP contribution in [0.5, 0.6) is 0 Å². The number of nitrogens with one attached hydrogen (secondary N) is 2. The molecule has 10 nitrogen and oxygen atoms in total. The van der Waals surface area contributed by atoms with Gasteiger partial charge in [0.05, 0.1) is 22.3 Å². The Morgan fingerprint density at radius 2 is 1.15 bits per heavy atom. The van der Waals surface area contributed by atoms with E-state index in [1.165, 1.54) is 36.7 Å². The lowest BCUT2D eigenvalue weighted by molar-refractivity contribution is -0.385. The molecule has 0 radical (unpaired) electrons. The summed E-state index contributed by atoms with van der Waals surface area (Å²) in [5.41, 5.74) is 6.36. The molecule has 2 rings (SSSR count). The molecule has 0 amide bonds. The zero-order chi connectivity index (χ0) is 18.9. The molecule has 132 valence electrons. The highest BCUT2D eigenvalue weighted by molar-refractivity contribution is 7.80. The Balaban J connectivity index is 1.81. The summed E-state index contributed by atoms with van der Waals surface area (Å²) >= 11 is 4.97. The van der Waals surface area contributed by atoms with E-state index in [1.807, 2.05) is 0 Å². The Morgan fingerprint density at radius 3 is 1.46 bits per heavy atom. The molecule has 0 atom stereocenters. The predicted octanol–water partition coefficient (Wildman–Crippen LogP) is 2.34. The van der Waals surface area contributed by atoms with E-state index in [9.17, 15) is 20.2 Å². The SMILES string of the molecule is O=[N+]([O-])c1ccc(C=NNC(=S)NN=Cc2ccc([N+](=O)[O-])cc2)cc1. The topological polar surface area (TPSA) is 135 Å². The summed E-state index contributed by atoms with van der Waals surface area (Å²) in [6, 6.07) is 11.7. The van der Waals surface area contributed by atoms with E-state index in [0.717, 1.165) is 0 Å². The summed E-state index contributed by atoms with van der Waals surface area (Å²) in [7, 11) is 0. The fraction of sp³-hybridized carbons (Fsp3) is 0. The van der Waals surface area contributed by atoms with Crippen molar-refractivity contribution in [3.8, 4) is 0 Å². The van der Waals surface area contributed by atoms with Gasteiger partial charge >= 0.3 is 0 Å². The van der Waals surface area contributed by atoms with Crippen LogP contribution in [0.1, 0.15) is 11.1 Å². The minimum atomic E-state index is -0.485. The third-order valence-electron chi connectivity index (χ3n) is 2.97. The number of nitrogens with zero attached hydrogens (tertiary/aromatic N) is 4. The molecule has 11 heteroatoms. The largest absolute Gasteiger partial charge is 0.269 e. The molecule has 2 N–H and O–H groups in total. The lowest BCUT2D eigenvalue weighted by Crippen LogP contribution is -2.28. The molecule has 0 heterocycles. The summed E-state index contributed by atoms with van der Waals surface area (Å²) in [5, 5.41) is 29.0. The van der Waals surface area contributed by atoms with Crippen molar-refractivity contribution < 1.29 is 9.85 Å². The maximum atomic E-state index is 10.6. The standard InChI is InChI=1S/C15H12N6O4S/c22-20(23)13-5-1-11(2-6-13)9-16-18-15(26)19-17-10-12-3-7-14(8-4-12)21(24)25/h1-10H,(H2,18,19,26). The van der Waals surface area contributed by atoms with Crippen LogP contribution in [0.15, 0.2) is 58.7 Å². The molecule has 0 spiro atoms. The molecule has 0 aromatic heterocycles. The molecule has 2 aromatic rings. The van der Waals surface area contributed by atoms with Gasteiger partial charge in [0, 0.05) is 24.3 Å². The Kier molecular flexibility index (Phi) is 6.40. The second kappa shape index (κ2) is 8.94. The summed E-state index contributed by atoms with van der Waals surface area (Å²) < 4.78 is 0. The van der Waals surface area contributed by atoms with Crippen molar-refractivity contribution in [1.29, 1.82) is 0 Å². The molecule has 0 aliphatic heterocycles. The first-order valence-electron chi connectivity index (χ1n) is 7.07. The molecule has 0 aliphatic rings. The molecule has 0 fully saturated rings. The summed E-state index contributed by atoms with van der Waals surface area (Å²) in [6.07, 6.45) is 2.88. The van der Waals surface area contributed by atoms with Crippen molar-refractivity contribution in [2.45, 2.75) is 0 Å². The third-order valence-corrected chi connectivity index (χ3v) is 3.15. The number of hydrogen-bond acceptors (Lipinski definition) is 7. The van der Waals surface area contributed by atoms with Crippen molar-refractivity contribution in [3.05, 3.63) is 79.9 Å². The van der Waals surface area contributed by atoms with Crippen LogP contribution in [0.4, 0.5) is 11.4 Å². The smallest absolute Gasteiger partial charge is 0.258 e. The number of non-ortho nitro benzene ring substituents is 2. The number of benzene rings is 2. The highest BCUT2D eigenvalue weighted by Crippen LogP contribution is 2.11. The van der Waals surface area contributed by atoms with E-state index in [0.29, 0.717) is 11.1 Å². The van der Waals surface area contributed by atoms with Crippen LogP contribution >= 0.6 is 12.2 Å². The van der Waals surface area contributed by atoms with Crippen molar-refractivity contribution in [2.75, 3.05) is 0 Å². The Bertz CT molecular complexity index is 793. The molecule has 0 aliphatic carbocycles. The Morgan fingerprint density at radius 1 is 0.808 bits per heavy atom. The number of nitro groups is 2. The quantitative estimate of drug-likeness (QED) is 0.344. The van der Waals surface area contributed by atoms with Gasteiger partial charge in [-0.2, -0.15) is 10.2 Å². The van der Waals surface area contributed by atoms with E-state index in [4.69, 9.17) is 12.2 Å². The van der Waals surface area contributed by atoms with E-state index in [1.54, 1.807) is 24.3 Å². The van der Waals surface area contributed by atoms with Crippen LogP contribution in [0.3, 0.4) is 0 Å². The molecule has 2 aromatic carbocycles. The average Bonchev–Trinajstić information content (AvgIpc) is 2.62. The van der Waals surface area contributed by atoms with Crippen LogP contribution in [0.2, 0.25) is 0 Å². The van der Waals surface area contributed by atoms with Crippen LogP contribution in [0.25, 0.3) is 0 Å². The van der Waals surface area contributed by atoms with Crippen molar-refractivity contribution in [2.24, 2.45) is 10.2 Å². The summed E-state index contributed by atoms with van der Waals surface area (Å²) in [5.74, 6) is 0. The molecule has 0 unspecified atom stereocenters. The maximum absolute atomic E-state index is 10.6. The Labute approximate surface area is 152 Å². The molecular weight excluding hydrogens is 360 g/mol. The van der Waals surface area contributed by atoms with Crippen LogP contribution in [-0.2, 0) is 0 Å². The second-order valence-corrected chi connectivity index (χ2v) is 5.17. The van der Waals surface area contributed by atoms with E-state index < -0.39 is 9.85 Å². The molecule has 0 saturated carbocycles. The number of rotatable bonds is 6. The predicted molar refractivity (Wildman–Crippen MR) is 100 cm³/mol. The van der Waals surface area contributed by atoms with Crippen LogP contribution in [-0.4, -0.2) is 27.4 Å². The number of thiocarbonyl (C=S) groups is 1. The zero-order valence-electron chi connectivity index (χ0n) is 13.1. The first-order valence-corrected chi connectivity index (χ1v) is 7.47. The summed E-state index contributed by atoms with van der Waals surface area (Å²) in [4.78, 5) is 20.1. The van der Waals surface area contributed by atoms with E-state index in [-0.39, 0.29) is 16.5 Å². The maximum Gasteiger partial charge on any atom is 0.269 e. The van der Waals surface area contributed by atoms with Gasteiger partial charge in [0.25, 0.3) is 11.4 Å². The third kappa shape index (κ3) is 5.72. The first kappa shape index (κ1) is 18.6. The second-order valence-electron chi connectivity index (χ2n) is 4.77. The minimum Gasteiger partial charge on any atom is -0.258 e. The summed E-state index contributed by atoms with van der Waals surface area (Å²) in [6.45, 7) is 0. The van der Waals surface area contributed by atoms with Gasteiger partial charge in [-0.05, 0) is 47.6 Å². The van der Waals surface area contributed by atoms with Gasteiger partial charge < -0.3 is 0 Å².